The van der Waals surface area contributed by atoms with E-state index in [0.29, 0.717) is 6.04 Å². The Morgan fingerprint density at radius 2 is 1.96 bits per heavy atom. The molecule has 0 spiro atoms. The molecule has 1 aromatic carbocycles. The van der Waals surface area contributed by atoms with Crippen LogP contribution in [0.25, 0.3) is 0 Å². The van der Waals surface area contributed by atoms with Crippen LogP contribution in [0.3, 0.4) is 0 Å². The SMILES string of the molecule is CC(Sc1nnc(NC2CC2)s1)C(=O)N1CCN(Cc2ccccc2)CC1. The Labute approximate surface area is 168 Å². The van der Waals surface area contributed by atoms with Gasteiger partial charge in [-0.05, 0) is 25.3 Å². The Kier molecular flexibility index (Phi) is 5.95. The van der Waals surface area contributed by atoms with Gasteiger partial charge in [0.2, 0.25) is 11.0 Å². The van der Waals surface area contributed by atoms with Crippen LogP contribution >= 0.6 is 23.1 Å². The third kappa shape index (κ3) is 5.21. The Balaban J connectivity index is 1.24. The summed E-state index contributed by atoms with van der Waals surface area (Å²) in [6.45, 7) is 6.36. The van der Waals surface area contributed by atoms with Gasteiger partial charge in [-0.25, -0.2) is 0 Å². The molecule has 2 aliphatic rings. The summed E-state index contributed by atoms with van der Waals surface area (Å²) < 4.78 is 0.863. The maximum absolute atomic E-state index is 12.8. The average molecular weight is 404 g/mol. The molecule has 1 unspecified atom stereocenters. The fourth-order valence-electron chi connectivity index (χ4n) is 3.14. The van der Waals surface area contributed by atoms with Crippen molar-refractivity contribution in [2.45, 2.75) is 41.9 Å². The van der Waals surface area contributed by atoms with Gasteiger partial charge in [0.1, 0.15) is 0 Å². The maximum atomic E-state index is 12.8. The van der Waals surface area contributed by atoms with Gasteiger partial charge in [0.05, 0.1) is 5.25 Å². The third-order valence-corrected chi connectivity index (χ3v) is 6.90. The summed E-state index contributed by atoms with van der Waals surface area (Å²) in [5.74, 6) is 0.200. The molecule has 27 heavy (non-hydrogen) atoms. The summed E-state index contributed by atoms with van der Waals surface area (Å²) in [5, 5.41) is 12.5. The monoisotopic (exact) mass is 403 g/mol. The second kappa shape index (κ2) is 8.58. The van der Waals surface area contributed by atoms with Crippen LogP contribution in [-0.4, -0.2) is 63.4 Å². The van der Waals surface area contributed by atoms with Gasteiger partial charge >= 0.3 is 0 Å². The number of anilines is 1. The van der Waals surface area contributed by atoms with E-state index < -0.39 is 0 Å². The zero-order valence-electron chi connectivity index (χ0n) is 15.5. The minimum absolute atomic E-state index is 0.132. The summed E-state index contributed by atoms with van der Waals surface area (Å²) in [4.78, 5) is 17.2. The Morgan fingerprint density at radius 1 is 1.22 bits per heavy atom. The highest BCUT2D eigenvalue weighted by molar-refractivity contribution is 8.02. The molecular formula is C19H25N5OS2. The van der Waals surface area contributed by atoms with Gasteiger partial charge in [-0.15, -0.1) is 10.2 Å². The van der Waals surface area contributed by atoms with Crippen molar-refractivity contribution in [3.8, 4) is 0 Å². The third-order valence-electron chi connectivity index (χ3n) is 4.87. The minimum atomic E-state index is -0.132. The van der Waals surface area contributed by atoms with Crippen LogP contribution in [0.15, 0.2) is 34.7 Å². The summed E-state index contributed by atoms with van der Waals surface area (Å²) in [6, 6.07) is 11.1. The minimum Gasteiger partial charge on any atom is -0.357 e. The van der Waals surface area contributed by atoms with Gasteiger partial charge < -0.3 is 10.2 Å². The van der Waals surface area contributed by atoms with Crippen molar-refractivity contribution < 1.29 is 4.79 Å². The maximum Gasteiger partial charge on any atom is 0.235 e. The lowest BCUT2D eigenvalue weighted by molar-refractivity contribution is -0.132. The van der Waals surface area contributed by atoms with Crippen LogP contribution in [0, 0.1) is 0 Å². The van der Waals surface area contributed by atoms with Crippen molar-refractivity contribution in [2.75, 3.05) is 31.5 Å². The topological polar surface area (TPSA) is 61.4 Å². The van der Waals surface area contributed by atoms with E-state index in [1.54, 1.807) is 11.3 Å². The number of aromatic nitrogens is 2. The lowest BCUT2D eigenvalue weighted by atomic mass is 10.2. The van der Waals surface area contributed by atoms with Crippen LogP contribution < -0.4 is 5.32 Å². The largest absolute Gasteiger partial charge is 0.357 e. The van der Waals surface area contributed by atoms with Gasteiger partial charge in [0.25, 0.3) is 0 Å². The van der Waals surface area contributed by atoms with E-state index in [4.69, 9.17) is 0 Å². The molecule has 144 valence electrons. The first-order chi connectivity index (χ1) is 13.2. The van der Waals surface area contributed by atoms with Crippen molar-refractivity contribution in [3.05, 3.63) is 35.9 Å². The Hall–Kier alpha value is -1.64. The molecule has 1 atom stereocenters. The van der Waals surface area contributed by atoms with E-state index in [2.05, 4.69) is 44.7 Å². The lowest BCUT2D eigenvalue weighted by Crippen LogP contribution is -2.50. The standard InChI is InChI=1S/C19H25N5OS2/c1-14(26-19-22-21-18(27-19)20-16-7-8-16)17(25)24-11-9-23(10-12-24)13-15-5-3-2-4-6-15/h2-6,14,16H,7-13H2,1H3,(H,20,21). The number of hydrogen-bond donors (Lipinski definition) is 1. The van der Waals surface area contributed by atoms with Crippen molar-refractivity contribution in [1.29, 1.82) is 0 Å². The van der Waals surface area contributed by atoms with Crippen LogP contribution in [-0.2, 0) is 11.3 Å². The number of rotatable bonds is 7. The molecule has 1 N–H and O–H groups in total. The highest BCUT2D eigenvalue weighted by Crippen LogP contribution is 2.32. The van der Waals surface area contributed by atoms with E-state index in [9.17, 15) is 4.79 Å². The molecule has 0 bridgehead atoms. The summed E-state index contributed by atoms with van der Waals surface area (Å²) >= 11 is 3.06. The number of benzene rings is 1. The highest BCUT2D eigenvalue weighted by Gasteiger charge is 2.27. The molecule has 2 fully saturated rings. The Bertz CT molecular complexity index is 756. The van der Waals surface area contributed by atoms with Crippen molar-refractivity contribution in [3.63, 3.8) is 0 Å². The van der Waals surface area contributed by atoms with Gasteiger partial charge in [0.15, 0.2) is 4.34 Å². The average Bonchev–Trinajstić information content (AvgIpc) is 3.40. The van der Waals surface area contributed by atoms with Gasteiger partial charge in [-0.1, -0.05) is 53.4 Å². The summed E-state index contributed by atoms with van der Waals surface area (Å²) in [5.41, 5.74) is 1.33. The van der Waals surface area contributed by atoms with E-state index >= 15 is 0 Å². The number of amides is 1. The number of nitrogens with zero attached hydrogens (tertiary/aromatic N) is 4. The van der Waals surface area contributed by atoms with Crippen LogP contribution in [0.4, 0.5) is 5.13 Å². The molecule has 1 saturated heterocycles. The fourth-order valence-corrected chi connectivity index (χ4v) is 5.20. The predicted molar refractivity (Wildman–Crippen MR) is 110 cm³/mol. The number of hydrogen-bond acceptors (Lipinski definition) is 7. The van der Waals surface area contributed by atoms with Gasteiger partial charge in [-0.2, -0.15) is 0 Å². The van der Waals surface area contributed by atoms with Crippen molar-refractivity contribution in [1.82, 2.24) is 20.0 Å². The molecule has 8 heteroatoms. The molecule has 1 aliphatic carbocycles. The highest BCUT2D eigenvalue weighted by atomic mass is 32.2. The lowest BCUT2D eigenvalue weighted by Gasteiger charge is -2.35. The molecule has 1 aromatic heterocycles. The first-order valence-electron chi connectivity index (χ1n) is 9.49. The van der Waals surface area contributed by atoms with Gasteiger partial charge in [-0.3, -0.25) is 9.69 Å². The van der Waals surface area contributed by atoms with Crippen LogP contribution in [0.5, 0.6) is 0 Å². The van der Waals surface area contributed by atoms with E-state index in [1.807, 2.05) is 17.9 Å². The normalized spacial score (nSPS) is 19.1. The van der Waals surface area contributed by atoms with Crippen LogP contribution in [0.2, 0.25) is 0 Å². The van der Waals surface area contributed by atoms with Crippen molar-refractivity contribution in [2.24, 2.45) is 0 Å². The molecular weight excluding hydrogens is 378 g/mol. The number of carbonyl (C=O) groups is 1. The van der Waals surface area contributed by atoms with Gasteiger partial charge in [0, 0.05) is 38.8 Å². The molecule has 1 aliphatic heterocycles. The molecule has 0 radical (unpaired) electrons. The summed E-state index contributed by atoms with van der Waals surface area (Å²) in [6.07, 6.45) is 2.43. The zero-order valence-corrected chi connectivity index (χ0v) is 17.1. The van der Waals surface area contributed by atoms with Crippen molar-refractivity contribution >= 4 is 34.1 Å². The quantitative estimate of drug-likeness (QED) is 0.718. The molecule has 1 saturated carbocycles. The molecule has 4 rings (SSSR count). The molecule has 1 amide bonds. The first-order valence-corrected chi connectivity index (χ1v) is 11.2. The second-order valence-electron chi connectivity index (χ2n) is 7.14. The molecule has 2 heterocycles. The molecule has 2 aromatic rings. The van der Waals surface area contributed by atoms with E-state index in [-0.39, 0.29) is 11.2 Å². The number of carbonyl (C=O) groups excluding carboxylic acids is 1. The number of piperazine rings is 1. The smallest absolute Gasteiger partial charge is 0.235 e. The Morgan fingerprint density at radius 3 is 2.67 bits per heavy atom. The number of nitrogens with one attached hydrogen (secondary N) is 1. The second-order valence-corrected chi connectivity index (χ2v) is 9.70. The summed E-state index contributed by atoms with van der Waals surface area (Å²) in [7, 11) is 0. The fraction of sp³-hybridized carbons (Fsp3) is 0.526. The predicted octanol–water partition coefficient (Wildman–Crippen LogP) is 2.94. The van der Waals surface area contributed by atoms with E-state index in [1.165, 1.54) is 30.2 Å². The number of thioether (sulfide) groups is 1. The van der Waals surface area contributed by atoms with E-state index in [0.717, 1.165) is 42.2 Å². The molecule has 6 nitrogen and oxygen atoms in total. The van der Waals surface area contributed by atoms with Crippen LogP contribution in [0.1, 0.15) is 25.3 Å². The zero-order chi connectivity index (χ0) is 18.6. The first kappa shape index (κ1) is 18.7.